The molecule has 3 rings (SSSR count). The van der Waals surface area contributed by atoms with Crippen molar-refractivity contribution in [3.8, 4) is 5.75 Å². The molecule has 0 aliphatic heterocycles. The Bertz CT molecular complexity index is 756. The van der Waals surface area contributed by atoms with Crippen molar-refractivity contribution in [2.75, 3.05) is 19.0 Å². The monoisotopic (exact) mass is 361 g/mol. The third-order valence-corrected chi connectivity index (χ3v) is 4.64. The van der Waals surface area contributed by atoms with Crippen molar-refractivity contribution >= 4 is 34.0 Å². The van der Waals surface area contributed by atoms with Crippen LogP contribution in [0.1, 0.15) is 29.8 Å². The van der Waals surface area contributed by atoms with E-state index in [1.54, 1.807) is 17.4 Å². The summed E-state index contributed by atoms with van der Waals surface area (Å²) in [6.45, 7) is 0.220. The lowest BCUT2D eigenvalue weighted by Crippen LogP contribution is -2.35. The Morgan fingerprint density at radius 1 is 1.36 bits per heavy atom. The van der Waals surface area contributed by atoms with Gasteiger partial charge in [0.25, 0.3) is 5.91 Å². The summed E-state index contributed by atoms with van der Waals surface area (Å²) in [5, 5.41) is 14.3. The van der Waals surface area contributed by atoms with Crippen LogP contribution in [-0.4, -0.2) is 46.6 Å². The first kappa shape index (κ1) is 17.2. The van der Waals surface area contributed by atoms with Crippen LogP contribution in [0.15, 0.2) is 29.6 Å². The lowest BCUT2D eigenvalue weighted by atomic mass is 10.3. The highest BCUT2D eigenvalue weighted by Crippen LogP contribution is 2.29. The number of hydrogen-bond acceptors (Lipinski definition) is 6. The number of nitrogens with zero attached hydrogens (tertiary/aromatic N) is 2. The third kappa shape index (κ3) is 4.48. The van der Waals surface area contributed by atoms with E-state index in [0.717, 1.165) is 24.3 Å². The van der Waals surface area contributed by atoms with E-state index in [2.05, 4.69) is 10.3 Å². The van der Waals surface area contributed by atoms with E-state index in [1.807, 2.05) is 24.3 Å². The van der Waals surface area contributed by atoms with Gasteiger partial charge in [-0.3, -0.25) is 9.59 Å². The fraction of sp³-hybridized carbons (Fsp3) is 0.353. The zero-order valence-electron chi connectivity index (χ0n) is 13.8. The van der Waals surface area contributed by atoms with Crippen LogP contribution in [0, 0.1) is 0 Å². The molecule has 1 amide bonds. The fourth-order valence-corrected chi connectivity index (χ4v) is 3.13. The number of aromatic nitrogens is 1. The van der Waals surface area contributed by atoms with Crippen LogP contribution in [0.3, 0.4) is 0 Å². The number of carbonyl (C=O) groups excluding carboxylic acids is 1. The third-order valence-electron chi connectivity index (χ3n) is 3.88. The molecule has 0 spiro atoms. The molecular weight excluding hydrogens is 342 g/mol. The highest BCUT2D eigenvalue weighted by atomic mass is 32.1. The van der Waals surface area contributed by atoms with Crippen LogP contribution in [0.2, 0.25) is 0 Å². The van der Waals surface area contributed by atoms with E-state index in [4.69, 9.17) is 9.84 Å². The number of thiazole rings is 1. The van der Waals surface area contributed by atoms with E-state index >= 15 is 0 Å². The number of rotatable bonds is 8. The maximum Gasteiger partial charge on any atom is 0.305 e. The summed E-state index contributed by atoms with van der Waals surface area (Å²) >= 11 is 1.34. The van der Waals surface area contributed by atoms with Crippen LogP contribution in [0.4, 0.5) is 10.8 Å². The van der Waals surface area contributed by atoms with Gasteiger partial charge in [-0.05, 0) is 37.1 Å². The van der Waals surface area contributed by atoms with Gasteiger partial charge >= 0.3 is 5.97 Å². The minimum Gasteiger partial charge on any atom is -0.497 e. The number of amides is 1. The summed E-state index contributed by atoms with van der Waals surface area (Å²) in [5.74, 6) is -0.347. The number of anilines is 2. The predicted octanol–water partition coefficient (Wildman–Crippen LogP) is 2.97. The Balaban J connectivity index is 1.66. The van der Waals surface area contributed by atoms with Gasteiger partial charge in [0.15, 0.2) is 5.13 Å². The molecule has 7 nitrogen and oxygen atoms in total. The summed E-state index contributed by atoms with van der Waals surface area (Å²) in [6.07, 6.45) is 1.79. The molecule has 0 atom stereocenters. The zero-order valence-corrected chi connectivity index (χ0v) is 14.6. The van der Waals surface area contributed by atoms with Gasteiger partial charge < -0.3 is 20.1 Å². The molecule has 1 aliphatic rings. The summed E-state index contributed by atoms with van der Waals surface area (Å²) < 4.78 is 5.12. The summed E-state index contributed by atoms with van der Waals surface area (Å²) in [6, 6.07) is 7.55. The van der Waals surface area contributed by atoms with E-state index in [1.165, 1.54) is 11.3 Å². The molecule has 0 saturated heterocycles. The van der Waals surface area contributed by atoms with Gasteiger partial charge in [-0.15, -0.1) is 11.3 Å². The number of carboxylic acids is 1. The number of benzene rings is 1. The van der Waals surface area contributed by atoms with Gasteiger partial charge in [0, 0.05) is 23.7 Å². The van der Waals surface area contributed by atoms with E-state index in [-0.39, 0.29) is 24.9 Å². The van der Waals surface area contributed by atoms with Gasteiger partial charge in [-0.1, -0.05) is 0 Å². The first-order valence-corrected chi connectivity index (χ1v) is 8.84. The van der Waals surface area contributed by atoms with Gasteiger partial charge in [0.2, 0.25) is 0 Å². The van der Waals surface area contributed by atoms with Crippen LogP contribution in [0.5, 0.6) is 5.75 Å². The average molecular weight is 361 g/mol. The molecule has 1 saturated carbocycles. The Hall–Kier alpha value is -2.61. The Morgan fingerprint density at radius 2 is 2.08 bits per heavy atom. The molecule has 0 unspecified atom stereocenters. The van der Waals surface area contributed by atoms with Crippen LogP contribution in [0.25, 0.3) is 0 Å². The molecule has 2 aromatic rings. The Kier molecular flexibility index (Phi) is 5.18. The number of carboxylic acid groups (broad SMARTS) is 1. The summed E-state index contributed by atoms with van der Waals surface area (Å²) in [4.78, 5) is 29.4. The van der Waals surface area contributed by atoms with Crippen molar-refractivity contribution in [1.29, 1.82) is 0 Å². The van der Waals surface area contributed by atoms with Crippen molar-refractivity contribution < 1.29 is 19.4 Å². The van der Waals surface area contributed by atoms with Crippen molar-refractivity contribution in [3.63, 3.8) is 0 Å². The second-order valence-electron chi connectivity index (χ2n) is 5.76. The first-order valence-electron chi connectivity index (χ1n) is 7.96. The average Bonchev–Trinajstić information content (AvgIpc) is 3.33. The zero-order chi connectivity index (χ0) is 17.8. The van der Waals surface area contributed by atoms with Crippen LogP contribution >= 0.6 is 11.3 Å². The van der Waals surface area contributed by atoms with Gasteiger partial charge in [-0.25, -0.2) is 4.98 Å². The van der Waals surface area contributed by atoms with Crippen LogP contribution in [-0.2, 0) is 4.79 Å². The van der Waals surface area contributed by atoms with Crippen LogP contribution < -0.4 is 10.1 Å². The first-order chi connectivity index (χ1) is 12.1. The Labute approximate surface area is 149 Å². The molecule has 1 heterocycles. The summed E-state index contributed by atoms with van der Waals surface area (Å²) in [5.41, 5.74) is 1.19. The number of aliphatic carboxylic acids is 1. The largest absolute Gasteiger partial charge is 0.497 e. The number of carbonyl (C=O) groups is 2. The minimum absolute atomic E-state index is 0.0522. The van der Waals surface area contributed by atoms with E-state index in [9.17, 15) is 9.59 Å². The Morgan fingerprint density at radius 3 is 2.68 bits per heavy atom. The van der Waals surface area contributed by atoms with Gasteiger partial charge in [0.05, 0.1) is 13.5 Å². The SMILES string of the molecule is COc1ccc(Nc2nc(C(=O)N(CCC(=O)O)C3CC3)cs2)cc1. The molecule has 1 fully saturated rings. The quantitative estimate of drug-likeness (QED) is 0.751. The maximum atomic E-state index is 12.6. The molecule has 2 N–H and O–H groups in total. The molecule has 0 bridgehead atoms. The highest BCUT2D eigenvalue weighted by molar-refractivity contribution is 7.14. The normalized spacial score (nSPS) is 13.3. The second kappa shape index (κ2) is 7.52. The smallest absolute Gasteiger partial charge is 0.305 e. The number of ether oxygens (including phenoxy) is 1. The molecule has 1 aliphatic carbocycles. The number of nitrogens with one attached hydrogen (secondary N) is 1. The fourth-order valence-electron chi connectivity index (χ4n) is 2.43. The van der Waals surface area contributed by atoms with Gasteiger partial charge in [0.1, 0.15) is 11.4 Å². The van der Waals surface area contributed by atoms with Crippen molar-refractivity contribution in [2.45, 2.75) is 25.3 Å². The second-order valence-corrected chi connectivity index (χ2v) is 6.62. The standard InChI is InChI=1S/C17H19N3O4S/c1-24-13-6-2-11(3-7-13)18-17-19-14(10-25-17)16(23)20(12-4-5-12)9-8-15(21)22/h2-3,6-7,10,12H,4-5,8-9H2,1H3,(H,18,19)(H,21,22). The lowest BCUT2D eigenvalue weighted by Gasteiger charge is -2.20. The van der Waals surface area contributed by atoms with Gasteiger partial charge in [-0.2, -0.15) is 0 Å². The molecule has 0 radical (unpaired) electrons. The topological polar surface area (TPSA) is 91.8 Å². The van der Waals surface area contributed by atoms with E-state index < -0.39 is 5.97 Å². The molecule has 25 heavy (non-hydrogen) atoms. The predicted molar refractivity (Wildman–Crippen MR) is 94.7 cm³/mol. The minimum atomic E-state index is -0.904. The molecule has 132 valence electrons. The summed E-state index contributed by atoms with van der Waals surface area (Å²) in [7, 11) is 1.61. The van der Waals surface area contributed by atoms with Crippen molar-refractivity contribution in [3.05, 3.63) is 35.3 Å². The molecule has 8 heteroatoms. The van der Waals surface area contributed by atoms with Crippen molar-refractivity contribution in [2.24, 2.45) is 0 Å². The molecular formula is C17H19N3O4S. The molecule has 1 aromatic heterocycles. The van der Waals surface area contributed by atoms with E-state index in [0.29, 0.717) is 10.8 Å². The number of hydrogen-bond donors (Lipinski definition) is 2. The number of methoxy groups -OCH3 is 1. The maximum absolute atomic E-state index is 12.6. The van der Waals surface area contributed by atoms with Crippen molar-refractivity contribution in [1.82, 2.24) is 9.88 Å². The lowest BCUT2D eigenvalue weighted by molar-refractivity contribution is -0.137. The highest BCUT2D eigenvalue weighted by Gasteiger charge is 2.34. The molecule has 1 aromatic carbocycles.